The third-order valence-corrected chi connectivity index (χ3v) is 3.28. The van der Waals surface area contributed by atoms with Crippen LogP contribution in [0.4, 0.5) is 11.4 Å². The van der Waals surface area contributed by atoms with Gasteiger partial charge in [-0.1, -0.05) is 19.9 Å². The Morgan fingerprint density at radius 2 is 2.06 bits per heavy atom. The second-order valence-corrected chi connectivity index (χ2v) is 4.15. The third kappa shape index (κ3) is 2.69. The van der Waals surface area contributed by atoms with Crippen LogP contribution >= 0.6 is 0 Å². The smallest absolute Gasteiger partial charge is 0.101 e. The number of nitriles is 1. The molecule has 0 spiro atoms. The van der Waals surface area contributed by atoms with E-state index >= 15 is 0 Å². The van der Waals surface area contributed by atoms with E-state index in [1.165, 1.54) is 0 Å². The number of para-hydroxylation sites is 1. The van der Waals surface area contributed by atoms with Gasteiger partial charge in [0.2, 0.25) is 0 Å². The Kier molecular flexibility index (Phi) is 4.36. The average Bonchev–Trinajstić information content (AvgIpc) is 2.38. The topological polar surface area (TPSA) is 82.1 Å². The molecular weight excluding hydrogens is 214 g/mol. The zero-order valence-electron chi connectivity index (χ0n) is 10.3. The first-order valence-electron chi connectivity index (χ1n) is 5.80. The van der Waals surface area contributed by atoms with Crippen LogP contribution in [0.25, 0.3) is 0 Å². The fourth-order valence-electron chi connectivity index (χ4n) is 1.75. The fraction of sp³-hybridized carbons (Fsp3) is 0.462. The summed E-state index contributed by atoms with van der Waals surface area (Å²) in [6.45, 7) is 4.06. The fourth-order valence-corrected chi connectivity index (χ4v) is 1.75. The quantitative estimate of drug-likeness (QED) is 0.680. The molecule has 4 heteroatoms. The Morgan fingerprint density at radius 1 is 1.41 bits per heavy atom. The highest BCUT2D eigenvalue weighted by atomic mass is 16.3. The van der Waals surface area contributed by atoms with Crippen LogP contribution in [0.3, 0.4) is 0 Å². The first kappa shape index (κ1) is 13.3. The van der Waals surface area contributed by atoms with Crippen LogP contribution in [0.2, 0.25) is 0 Å². The number of aliphatic hydroxyl groups excluding tert-OH is 1. The van der Waals surface area contributed by atoms with Crippen LogP contribution in [0.5, 0.6) is 0 Å². The Morgan fingerprint density at radius 3 is 2.53 bits per heavy atom. The number of hydrogen-bond donors (Lipinski definition) is 3. The van der Waals surface area contributed by atoms with E-state index in [-0.39, 0.29) is 12.1 Å². The van der Waals surface area contributed by atoms with Crippen molar-refractivity contribution in [2.75, 3.05) is 17.7 Å². The van der Waals surface area contributed by atoms with Crippen LogP contribution in [-0.2, 0) is 0 Å². The molecule has 0 fully saturated rings. The molecule has 0 amide bonds. The van der Waals surface area contributed by atoms with Crippen LogP contribution < -0.4 is 11.1 Å². The van der Waals surface area contributed by atoms with Gasteiger partial charge in [0.05, 0.1) is 29.1 Å². The molecule has 0 unspecified atom stereocenters. The summed E-state index contributed by atoms with van der Waals surface area (Å²) in [4.78, 5) is 0. The largest absolute Gasteiger partial charge is 0.396 e. The van der Waals surface area contributed by atoms with Gasteiger partial charge in [-0.15, -0.1) is 0 Å². The summed E-state index contributed by atoms with van der Waals surface area (Å²) in [5.74, 6) is 0. The maximum absolute atomic E-state index is 9.49. The van der Waals surface area contributed by atoms with Gasteiger partial charge in [0.15, 0.2) is 0 Å². The van der Waals surface area contributed by atoms with Crippen LogP contribution in [-0.4, -0.2) is 17.3 Å². The number of rotatable bonds is 5. The minimum atomic E-state index is -0.373. The van der Waals surface area contributed by atoms with E-state index in [4.69, 9.17) is 11.0 Å². The molecular formula is C13H19N3O. The predicted octanol–water partition coefficient (Wildman–Crippen LogP) is 2.10. The number of hydrogen-bond acceptors (Lipinski definition) is 4. The number of nitrogen functional groups attached to an aromatic ring is 1. The normalized spacial score (nSPS) is 10.9. The van der Waals surface area contributed by atoms with Gasteiger partial charge >= 0.3 is 0 Å². The van der Waals surface area contributed by atoms with E-state index in [0.717, 1.165) is 12.8 Å². The molecule has 0 saturated heterocycles. The summed E-state index contributed by atoms with van der Waals surface area (Å²) in [7, 11) is 0. The number of aliphatic hydroxyl groups is 1. The molecule has 0 aliphatic rings. The Hall–Kier alpha value is -1.73. The number of nitrogens with zero attached hydrogens (tertiary/aromatic N) is 1. The first-order chi connectivity index (χ1) is 8.12. The van der Waals surface area contributed by atoms with Gasteiger partial charge in [-0.2, -0.15) is 5.26 Å². The zero-order valence-corrected chi connectivity index (χ0v) is 10.3. The van der Waals surface area contributed by atoms with Crippen molar-refractivity contribution in [2.24, 2.45) is 0 Å². The number of nitrogens with one attached hydrogen (secondary N) is 1. The van der Waals surface area contributed by atoms with E-state index in [1.54, 1.807) is 12.1 Å². The standard InChI is InChI=1S/C13H19N3O/c1-3-13(4-2,9-17)16-11-7-5-6-10(8-14)12(11)15/h5-7,16-17H,3-4,9,15H2,1-2H3. The van der Waals surface area contributed by atoms with Gasteiger partial charge in [-0.25, -0.2) is 0 Å². The van der Waals surface area contributed by atoms with E-state index in [1.807, 2.05) is 26.0 Å². The number of nitrogens with two attached hydrogens (primary N) is 1. The molecule has 0 aliphatic heterocycles. The molecule has 0 aromatic heterocycles. The van der Waals surface area contributed by atoms with Gasteiger partial charge in [0.1, 0.15) is 6.07 Å². The summed E-state index contributed by atoms with van der Waals surface area (Å²) in [6.07, 6.45) is 1.58. The molecule has 0 atom stereocenters. The SMILES string of the molecule is CCC(CC)(CO)Nc1cccc(C#N)c1N. The van der Waals surface area contributed by atoms with Crippen molar-refractivity contribution < 1.29 is 5.11 Å². The van der Waals surface area contributed by atoms with Gasteiger partial charge in [0, 0.05) is 0 Å². The molecule has 4 N–H and O–H groups in total. The molecule has 0 aliphatic carbocycles. The lowest BCUT2D eigenvalue weighted by atomic mass is 9.93. The Bertz CT molecular complexity index is 411. The Balaban J connectivity index is 3.07. The van der Waals surface area contributed by atoms with Crippen molar-refractivity contribution in [1.82, 2.24) is 0 Å². The summed E-state index contributed by atoms with van der Waals surface area (Å²) in [6, 6.07) is 7.34. The minimum absolute atomic E-state index is 0.0379. The first-order valence-corrected chi connectivity index (χ1v) is 5.80. The van der Waals surface area contributed by atoms with Crippen molar-refractivity contribution in [1.29, 1.82) is 5.26 Å². The summed E-state index contributed by atoms with van der Waals surface area (Å²) < 4.78 is 0. The number of anilines is 2. The molecule has 4 nitrogen and oxygen atoms in total. The van der Waals surface area contributed by atoms with Crippen LogP contribution in [0.1, 0.15) is 32.3 Å². The summed E-state index contributed by atoms with van der Waals surface area (Å²) in [5, 5.41) is 21.7. The lowest BCUT2D eigenvalue weighted by Gasteiger charge is -2.32. The second kappa shape index (κ2) is 5.55. The molecule has 0 saturated carbocycles. The predicted molar refractivity (Wildman–Crippen MR) is 69.6 cm³/mol. The summed E-state index contributed by atoms with van der Waals surface area (Å²) >= 11 is 0. The van der Waals surface area contributed by atoms with Crippen molar-refractivity contribution in [3.8, 4) is 6.07 Å². The minimum Gasteiger partial charge on any atom is -0.396 e. The van der Waals surface area contributed by atoms with Crippen LogP contribution in [0, 0.1) is 11.3 Å². The average molecular weight is 233 g/mol. The molecule has 92 valence electrons. The Labute approximate surface area is 102 Å². The molecule has 0 bridgehead atoms. The summed E-state index contributed by atoms with van der Waals surface area (Å²) in [5.41, 5.74) is 7.13. The maximum atomic E-state index is 9.49. The molecule has 17 heavy (non-hydrogen) atoms. The molecule has 0 heterocycles. The van der Waals surface area contributed by atoms with Crippen molar-refractivity contribution in [3.63, 3.8) is 0 Å². The van der Waals surface area contributed by atoms with Crippen LogP contribution in [0.15, 0.2) is 18.2 Å². The highest BCUT2D eigenvalue weighted by molar-refractivity contribution is 5.73. The lowest BCUT2D eigenvalue weighted by molar-refractivity contribution is 0.202. The maximum Gasteiger partial charge on any atom is 0.101 e. The van der Waals surface area contributed by atoms with Gasteiger partial charge in [0.25, 0.3) is 0 Å². The van der Waals surface area contributed by atoms with E-state index in [0.29, 0.717) is 16.9 Å². The molecule has 1 rings (SSSR count). The van der Waals surface area contributed by atoms with Crippen molar-refractivity contribution in [2.45, 2.75) is 32.2 Å². The monoisotopic (exact) mass is 233 g/mol. The van der Waals surface area contributed by atoms with Crippen molar-refractivity contribution >= 4 is 11.4 Å². The molecule has 1 aromatic carbocycles. The zero-order chi connectivity index (χ0) is 12.9. The lowest BCUT2D eigenvalue weighted by Crippen LogP contribution is -2.41. The third-order valence-electron chi connectivity index (χ3n) is 3.28. The highest BCUT2D eigenvalue weighted by Gasteiger charge is 2.25. The van der Waals surface area contributed by atoms with E-state index in [2.05, 4.69) is 5.32 Å². The number of benzene rings is 1. The highest BCUT2D eigenvalue weighted by Crippen LogP contribution is 2.28. The second-order valence-electron chi connectivity index (χ2n) is 4.15. The molecule has 1 aromatic rings. The van der Waals surface area contributed by atoms with Gasteiger partial charge in [-0.3, -0.25) is 0 Å². The van der Waals surface area contributed by atoms with Gasteiger partial charge < -0.3 is 16.2 Å². The van der Waals surface area contributed by atoms with E-state index < -0.39 is 0 Å². The molecule has 0 radical (unpaired) electrons. The van der Waals surface area contributed by atoms with Crippen molar-refractivity contribution in [3.05, 3.63) is 23.8 Å². The van der Waals surface area contributed by atoms with Gasteiger partial charge in [-0.05, 0) is 25.0 Å². The van der Waals surface area contributed by atoms with E-state index in [9.17, 15) is 5.11 Å².